The zero-order valence-electron chi connectivity index (χ0n) is 10.00. The van der Waals surface area contributed by atoms with Crippen LogP contribution in [0.15, 0.2) is 0 Å². The van der Waals surface area contributed by atoms with E-state index in [1.54, 1.807) is 0 Å². The van der Waals surface area contributed by atoms with Crippen molar-refractivity contribution in [3.05, 3.63) is 0 Å². The average Bonchev–Trinajstić information content (AvgIpc) is 2.64. The van der Waals surface area contributed by atoms with Gasteiger partial charge in [0.1, 0.15) is 0 Å². The quantitative estimate of drug-likeness (QED) is 0.619. The maximum Gasteiger partial charge on any atom is 0.0518 e. The van der Waals surface area contributed by atoms with Crippen molar-refractivity contribution in [2.75, 3.05) is 26.3 Å². The molecule has 1 fully saturated rings. The molecule has 0 spiro atoms. The van der Waals surface area contributed by atoms with Crippen LogP contribution in [-0.4, -0.2) is 36.5 Å². The van der Waals surface area contributed by atoms with Gasteiger partial charge in [-0.05, 0) is 31.2 Å². The van der Waals surface area contributed by atoms with Crippen LogP contribution in [0, 0.1) is 17.3 Å². The van der Waals surface area contributed by atoms with E-state index >= 15 is 0 Å². The van der Waals surface area contributed by atoms with Crippen LogP contribution >= 0.6 is 0 Å². The number of aliphatic hydroxyl groups is 2. The van der Waals surface area contributed by atoms with Gasteiger partial charge in [-0.25, -0.2) is 0 Å². The maximum atomic E-state index is 9.12. The van der Waals surface area contributed by atoms with Crippen LogP contribution in [0.25, 0.3) is 0 Å². The molecule has 0 aromatic carbocycles. The zero-order valence-corrected chi connectivity index (χ0v) is 10.00. The Morgan fingerprint density at radius 3 is 2.40 bits per heavy atom. The molecule has 3 heteroatoms. The summed E-state index contributed by atoms with van der Waals surface area (Å²) < 4.78 is 0. The normalized spacial score (nSPS) is 27.2. The number of hydrogen-bond donors (Lipinski definition) is 3. The standard InChI is InChI=1S/C12H25NO2/c1-10-3-4-11(5-10)6-13-7-12(2,8-14)9-15/h10-11,13-15H,3-9H2,1-2H3. The molecular weight excluding hydrogens is 190 g/mol. The van der Waals surface area contributed by atoms with E-state index in [0.29, 0.717) is 6.54 Å². The van der Waals surface area contributed by atoms with Crippen molar-refractivity contribution in [3.63, 3.8) is 0 Å². The summed E-state index contributed by atoms with van der Waals surface area (Å²) in [5, 5.41) is 21.6. The number of aliphatic hydroxyl groups excluding tert-OH is 2. The molecular formula is C12H25NO2. The van der Waals surface area contributed by atoms with Gasteiger partial charge >= 0.3 is 0 Å². The monoisotopic (exact) mass is 215 g/mol. The predicted octanol–water partition coefficient (Wildman–Crippen LogP) is 1.00. The van der Waals surface area contributed by atoms with Crippen molar-refractivity contribution in [1.29, 1.82) is 0 Å². The maximum absolute atomic E-state index is 9.12. The third-order valence-electron chi connectivity index (χ3n) is 3.55. The molecule has 0 amide bonds. The fourth-order valence-electron chi connectivity index (χ4n) is 2.25. The molecule has 0 bridgehead atoms. The molecule has 3 nitrogen and oxygen atoms in total. The first-order valence-electron chi connectivity index (χ1n) is 6.02. The second-order valence-electron chi connectivity index (χ2n) is 5.54. The Bertz CT molecular complexity index is 180. The predicted molar refractivity (Wildman–Crippen MR) is 61.7 cm³/mol. The Kier molecular flexibility index (Phi) is 5.03. The minimum absolute atomic E-state index is 0.0393. The lowest BCUT2D eigenvalue weighted by Gasteiger charge is -2.25. The van der Waals surface area contributed by atoms with Crippen LogP contribution in [0.5, 0.6) is 0 Å². The van der Waals surface area contributed by atoms with Gasteiger partial charge < -0.3 is 15.5 Å². The highest BCUT2D eigenvalue weighted by atomic mass is 16.3. The van der Waals surface area contributed by atoms with E-state index in [9.17, 15) is 0 Å². The summed E-state index contributed by atoms with van der Waals surface area (Å²) >= 11 is 0. The smallest absolute Gasteiger partial charge is 0.0518 e. The van der Waals surface area contributed by atoms with Crippen molar-refractivity contribution in [2.45, 2.75) is 33.1 Å². The summed E-state index contributed by atoms with van der Waals surface area (Å²) in [5.41, 5.74) is -0.371. The van der Waals surface area contributed by atoms with Crippen LogP contribution in [0.2, 0.25) is 0 Å². The van der Waals surface area contributed by atoms with Crippen LogP contribution in [0.4, 0.5) is 0 Å². The molecule has 1 aliphatic rings. The molecule has 0 aromatic heterocycles. The zero-order chi connectivity index (χ0) is 11.3. The highest BCUT2D eigenvalue weighted by Crippen LogP contribution is 2.29. The molecule has 1 rings (SSSR count). The Morgan fingerprint density at radius 2 is 1.93 bits per heavy atom. The van der Waals surface area contributed by atoms with Gasteiger partial charge in [0.25, 0.3) is 0 Å². The third-order valence-corrected chi connectivity index (χ3v) is 3.55. The van der Waals surface area contributed by atoms with Gasteiger partial charge in [0.15, 0.2) is 0 Å². The largest absolute Gasteiger partial charge is 0.396 e. The summed E-state index contributed by atoms with van der Waals surface area (Å²) in [6, 6.07) is 0. The second-order valence-corrected chi connectivity index (χ2v) is 5.54. The molecule has 2 atom stereocenters. The van der Waals surface area contributed by atoms with Crippen LogP contribution in [0.3, 0.4) is 0 Å². The molecule has 0 radical (unpaired) electrons. The third kappa shape index (κ3) is 4.09. The summed E-state index contributed by atoms with van der Waals surface area (Å²) in [7, 11) is 0. The molecule has 2 unspecified atom stereocenters. The SMILES string of the molecule is CC1CCC(CNCC(C)(CO)CO)C1. The first-order chi connectivity index (χ1) is 7.09. The van der Waals surface area contributed by atoms with Crippen molar-refractivity contribution in [1.82, 2.24) is 5.32 Å². The first-order valence-corrected chi connectivity index (χ1v) is 6.02. The summed E-state index contributed by atoms with van der Waals surface area (Å²) in [6.45, 7) is 6.02. The fraction of sp³-hybridized carbons (Fsp3) is 1.00. The summed E-state index contributed by atoms with van der Waals surface area (Å²) in [4.78, 5) is 0. The van der Waals surface area contributed by atoms with Crippen LogP contribution < -0.4 is 5.32 Å². The molecule has 90 valence electrons. The summed E-state index contributed by atoms with van der Waals surface area (Å²) in [6.07, 6.45) is 3.99. The molecule has 15 heavy (non-hydrogen) atoms. The van der Waals surface area contributed by atoms with Crippen molar-refractivity contribution >= 4 is 0 Å². The average molecular weight is 215 g/mol. The van der Waals surface area contributed by atoms with E-state index in [2.05, 4.69) is 12.2 Å². The Balaban J connectivity index is 2.15. The van der Waals surface area contributed by atoms with E-state index in [0.717, 1.165) is 18.4 Å². The Labute approximate surface area is 92.9 Å². The van der Waals surface area contributed by atoms with Gasteiger partial charge in [-0.15, -0.1) is 0 Å². The first kappa shape index (κ1) is 12.9. The molecule has 1 aliphatic carbocycles. The number of hydrogen-bond acceptors (Lipinski definition) is 3. The van der Waals surface area contributed by atoms with Crippen molar-refractivity contribution in [3.8, 4) is 0 Å². The van der Waals surface area contributed by atoms with Gasteiger partial charge in [0, 0.05) is 12.0 Å². The van der Waals surface area contributed by atoms with Crippen molar-refractivity contribution in [2.24, 2.45) is 17.3 Å². The molecule has 0 aromatic rings. The molecule has 3 N–H and O–H groups in total. The lowest BCUT2D eigenvalue weighted by Crippen LogP contribution is -2.39. The second kappa shape index (κ2) is 5.83. The van der Waals surface area contributed by atoms with Gasteiger partial charge in [0.2, 0.25) is 0 Å². The van der Waals surface area contributed by atoms with Gasteiger partial charge in [0.05, 0.1) is 13.2 Å². The van der Waals surface area contributed by atoms with Gasteiger partial charge in [-0.2, -0.15) is 0 Å². The van der Waals surface area contributed by atoms with Crippen LogP contribution in [-0.2, 0) is 0 Å². The fourth-order valence-corrected chi connectivity index (χ4v) is 2.25. The Hall–Kier alpha value is -0.120. The minimum atomic E-state index is -0.371. The van der Waals surface area contributed by atoms with E-state index in [1.807, 2.05) is 6.92 Å². The Morgan fingerprint density at radius 1 is 1.27 bits per heavy atom. The van der Waals surface area contributed by atoms with Gasteiger partial charge in [-0.3, -0.25) is 0 Å². The summed E-state index contributed by atoms with van der Waals surface area (Å²) in [5.74, 6) is 1.67. The lowest BCUT2D eigenvalue weighted by atomic mass is 9.93. The minimum Gasteiger partial charge on any atom is -0.396 e. The molecule has 0 saturated heterocycles. The molecule has 1 saturated carbocycles. The number of rotatable bonds is 6. The molecule has 0 heterocycles. The van der Waals surface area contributed by atoms with E-state index in [-0.39, 0.29) is 18.6 Å². The van der Waals surface area contributed by atoms with E-state index in [4.69, 9.17) is 10.2 Å². The topological polar surface area (TPSA) is 52.5 Å². The lowest BCUT2D eigenvalue weighted by molar-refractivity contribution is 0.0690. The van der Waals surface area contributed by atoms with E-state index in [1.165, 1.54) is 19.3 Å². The van der Waals surface area contributed by atoms with Crippen LogP contribution in [0.1, 0.15) is 33.1 Å². The highest BCUT2D eigenvalue weighted by Gasteiger charge is 2.24. The van der Waals surface area contributed by atoms with Gasteiger partial charge in [-0.1, -0.05) is 20.3 Å². The number of nitrogens with one attached hydrogen (secondary N) is 1. The highest BCUT2D eigenvalue weighted by molar-refractivity contribution is 4.78. The molecule has 0 aliphatic heterocycles. The van der Waals surface area contributed by atoms with Crippen molar-refractivity contribution < 1.29 is 10.2 Å². The van der Waals surface area contributed by atoms with E-state index < -0.39 is 0 Å².